The van der Waals surface area contributed by atoms with E-state index >= 15 is 0 Å². The molecule has 0 saturated carbocycles. The SMILES string of the molecule is COc1ccc(C(=O)COC(=O)c2ccc(-c3ccc(O)cc3)cc2)cc1OC. The Labute approximate surface area is 168 Å². The third-order valence-corrected chi connectivity index (χ3v) is 4.36. The molecule has 0 atom stereocenters. The molecule has 0 aliphatic rings. The molecule has 0 aliphatic carbocycles. The van der Waals surface area contributed by atoms with E-state index in [1.54, 1.807) is 66.7 Å². The second kappa shape index (κ2) is 8.93. The normalized spacial score (nSPS) is 10.3. The summed E-state index contributed by atoms with van der Waals surface area (Å²) in [6, 6.07) is 18.3. The van der Waals surface area contributed by atoms with Crippen LogP contribution in [-0.4, -0.2) is 37.7 Å². The van der Waals surface area contributed by atoms with Crippen molar-refractivity contribution < 1.29 is 28.9 Å². The summed E-state index contributed by atoms with van der Waals surface area (Å²) in [5, 5.41) is 9.36. The van der Waals surface area contributed by atoms with Gasteiger partial charge >= 0.3 is 5.97 Å². The number of esters is 1. The van der Waals surface area contributed by atoms with Crippen molar-refractivity contribution in [3.05, 3.63) is 77.9 Å². The minimum Gasteiger partial charge on any atom is -0.508 e. The lowest BCUT2D eigenvalue weighted by Gasteiger charge is -2.09. The Bertz CT molecular complexity index is 1010. The quantitative estimate of drug-likeness (QED) is 0.481. The van der Waals surface area contributed by atoms with Crippen LogP contribution >= 0.6 is 0 Å². The number of ether oxygens (including phenoxy) is 3. The molecular weight excluding hydrogens is 372 g/mol. The van der Waals surface area contributed by atoms with E-state index in [-0.39, 0.29) is 18.1 Å². The lowest BCUT2D eigenvalue weighted by Crippen LogP contribution is -2.14. The second-order valence-corrected chi connectivity index (χ2v) is 6.19. The Kier molecular flexibility index (Phi) is 6.14. The van der Waals surface area contributed by atoms with Crippen LogP contribution in [0.3, 0.4) is 0 Å². The number of carbonyl (C=O) groups is 2. The predicted octanol–water partition coefficient (Wildman–Crippen LogP) is 4.12. The van der Waals surface area contributed by atoms with Crippen LogP contribution in [0.15, 0.2) is 66.7 Å². The average Bonchev–Trinajstić information content (AvgIpc) is 2.77. The molecule has 0 aromatic heterocycles. The Balaban J connectivity index is 1.63. The molecule has 6 heteroatoms. The number of carbonyl (C=O) groups excluding carboxylic acids is 2. The Morgan fingerprint density at radius 3 is 1.90 bits per heavy atom. The Morgan fingerprint density at radius 1 is 0.759 bits per heavy atom. The highest BCUT2D eigenvalue weighted by atomic mass is 16.5. The van der Waals surface area contributed by atoms with Crippen molar-refractivity contribution in [3.8, 4) is 28.4 Å². The van der Waals surface area contributed by atoms with Gasteiger partial charge in [0.05, 0.1) is 19.8 Å². The van der Waals surface area contributed by atoms with Gasteiger partial charge in [-0.05, 0) is 53.6 Å². The number of Topliss-reactive ketones (excluding diaryl/α,β-unsaturated/α-hetero) is 1. The number of hydrogen-bond donors (Lipinski definition) is 1. The molecule has 3 aromatic rings. The summed E-state index contributed by atoms with van der Waals surface area (Å²) >= 11 is 0. The smallest absolute Gasteiger partial charge is 0.338 e. The summed E-state index contributed by atoms with van der Waals surface area (Å²) in [5.41, 5.74) is 2.50. The number of phenolic OH excluding ortho intramolecular Hbond substituents is 1. The summed E-state index contributed by atoms with van der Waals surface area (Å²) in [6.45, 7) is -0.381. The molecule has 6 nitrogen and oxygen atoms in total. The highest BCUT2D eigenvalue weighted by Crippen LogP contribution is 2.28. The van der Waals surface area contributed by atoms with Crippen molar-refractivity contribution in [2.75, 3.05) is 20.8 Å². The number of aromatic hydroxyl groups is 1. The minimum atomic E-state index is -0.587. The van der Waals surface area contributed by atoms with E-state index < -0.39 is 5.97 Å². The molecule has 148 valence electrons. The zero-order chi connectivity index (χ0) is 20.8. The molecule has 29 heavy (non-hydrogen) atoms. The zero-order valence-corrected chi connectivity index (χ0v) is 16.0. The first-order chi connectivity index (χ1) is 14.0. The van der Waals surface area contributed by atoms with E-state index in [1.807, 2.05) is 0 Å². The second-order valence-electron chi connectivity index (χ2n) is 6.19. The molecule has 3 aromatic carbocycles. The van der Waals surface area contributed by atoms with E-state index in [0.29, 0.717) is 22.6 Å². The van der Waals surface area contributed by atoms with E-state index in [1.165, 1.54) is 14.2 Å². The number of rotatable bonds is 7. The largest absolute Gasteiger partial charge is 0.508 e. The molecular formula is C23H20O6. The van der Waals surface area contributed by atoms with Gasteiger partial charge in [-0.15, -0.1) is 0 Å². The van der Waals surface area contributed by atoms with Crippen molar-refractivity contribution in [1.82, 2.24) is 0 Å². The van der Waals surface area contributed by atoms with Gasteiger partial charge in [0.2, 0.25) is 0 Å². The molecule has 0 fully saturated rings. The summed E-state index contributed by atoms with van der Waals surface area (Å²) in [4.78, 5) is 24.6. The van der Waals surface area contributed by atoms with Crippen LogP contribution in [0, 0.1) is 0 Å². The molecule has 3 rings (SSSR count). The molecule has 0 spiro atoms. The molecule has 0 unspecified atom stereocenters. The first-order valence-corrected chi connectivity index (χ1v) is 8.83. The van der Waals surface area contributed by atoms with Gasteiger partial charge in [0.1, 0.15) is 5.75 Å². The number of methoxy groups -OCH3 is 2. The average molecular weight is 392 g/mol. The Hall–Kier alpha value is -3.80. The molecule has 1 N–H and O–H groups in total. The van der Waals surface area contributed by atoms with Crippen LogP contribution in [0.25, 0.3) is 11.1 Å². The maximum Gasteiger partial charge on any atom is 0.338 e. The third kappa shape index (κ3) is 4.73. The lowest BCUT2D eigenvalue weighted by atomic mass is 10.0. The van der Waals surface area contributed by atoms with Gasteiger partial charge in [0.25, 0.3) is 0 Å². The first kappa shape index (κ1) is 19.9. The number of phenols is 1. The highest BCUT2D eigenvalue weighted by Gasteiger charge is 2.14. The number of hydrogen-bond acceptors (Lipinski definition) is 6. The third-order valence-electron chi connectivity index (χ3n) is 4.36. The number of benzene rings is 3. The van der Waals surface area contributed by atoms with Gasteiger partial charge in [-0.2, -0.15) is 0 Å². The summed E-state index contributed by atoms with van der Waals surface area (Å²) in [5.74, 6) is 0.188. The monoisotopic (exact) mass is 392 g/mol. The number of ketones is 1. The Morgan fingerprint density at radius 2 is 1.31 bits per heavy atom. The molecule has 0 radical (unpaired) electrons. The topological polar surface area (TPSA) is 82.1 Å². The van der Waals surface area contributed by atoms with Gasteiger partial charge in [0.15, 0.2) is 23.9 Å². The van der Waals surface area contributed by atoms with Crippen molar-refractivity contribution in [2.45, 2.75) is 0 Å². The maximum atomic E-state index is 12.3. The molecule has 0 heterocycles. The van der Waals surface area contributed by atoms with Gasteiger partial charge in [-0.1, -0.05) is 24.3 Å². The van der Waals surface area contributed by atoms with Crippen LogP contribution in [0.2, 0.25) is 0 Å². The minimum absolute atomic E-state index is 0.188. The molecule has 0 aliphatic heterocycles. The van der Waals surface area contributed by atoms with Crippen molar-refractivity contribution in [1.29, 1.82) is 0 Å². The fraction of sp³-hybridized carbons (Fsp3) is 0.130. The van der Waals surface area contributed by atoms with Crippen LogP contribution in [0.1, 0.15) is 20.7 Å². The van der Waals surface area contributed by atoms with E-state index in [2.05, 4.69) is 0 Å². The van der Waals surface area contributed by atoms with Gasteiger partial charge in [-0.25, -0.2) is 4.79 Å². The summed E-state index contributed by atoms with van der Waals surface area (Å²) in [6.07, 6.45) is 0. The van der Waals surface area contributed by atoms with Crippen molar-refractivity contribution in [2.24, 2.45) is 0 Å². The van der Waals surface area contributed by atoms with Gasteiger partial charge < -0.3 is 19.3 Å². The van der Waals surface area contributed by atoms with Crippen molar-refractivity contribution >= 4 is 11.8 Å². The highest BCUT2D eigenvalue weighted by molar-refractivity contribution is 5.99. The van der Waals surface area contributed by atoms with E-state index in [4.69, 9.17) is 14.2 Å². The molecule has 0 bridgehead atoms. The maximum absolute atomic E-state index is 12.3. The summed E-state index contributed by atoms with van der Waals surface area (Å²) < 4.78 is 15.5. The van der Waals surface area contributed by atoms with Crippen molar-refractivity contribution in [3.63, 3.8) is 0 Å². The summed E-state index contributed by atoms with van der Waals surface area (Å²) in [7, 11) is 2.99. The van der Waals surface area contributed by atoms with Crippen LogP contribution < -0.4 is 9.47 Å². The fourth-order valence-electron chi connectivity index (χ4n) is 2.76. The van der Waals surface area contributed by atoms with Gasteiger partial charge in [0, 0.05) is 5.56 Å². The van der Waals surface area contributed by atoms with E-state index in [9.17, 15) is 14.7 Å². The van der Waals surface area contributed by atoms with Crippen LogP contribution in [0.5, 0.6) is 17.2 Å². The van der Waals surface area contributed by atoms with Crippen LogP contribution in [-0.2, 0) is 4.74 Å². The first-order valence-electron chi connectivity index (χ1n) is 8.83. The fourth-order valence-corrected chi connectivity index (χ4v) is 2.76. The molecule has 0 amide bonds. The van der Waals surface area contributed by atoms with Gasteiger partial charge in [-0.3, -0.25) is 4.79 Å². The zero-order valence-electron chi connectivity index (χ0n) is 16.0. The molecule has 0 saturated heterocycles. The van der Waals surface area contributed by atoms with E-state index in [0.717, 1.165) is 11.1 Å². The standard InChI is InChI=1S/C23H20O6/c1-27-21-12-9-18(13-22(21)28-2)20(25)14-29-23(26)17-5-3-15(4-6-17)16-7-10-19(24)11-8-16/h3-13,24H,14H2,1-2H3. The lowest BCUT2D eigenvalue weighted by molar-refractivity contribution is 0.0474. The predicted molar refractivity (Wildman–Crippen MR) is 108 cm³/mol. The van der Waals surface area contributed by atoms with Crippen LogP contribution in [0.4, 0.5) is 0 Å².